The smallest absolute Gasteiger partial charge is 0.245 e. The van der Waals surface area contributed by atoms with Gasteiger partial charge in [-0.1, -0.05) is 0 Å². The zero-order valence-corrected chi connectivity index (χ0v) is 31.3. The number of hydrogen-bond acceptors (Lipinski definition) is 12. The predicted octanol–water partition coefficient (Wildman–Crippen LogP) is 4.47. The molecule has 2 aromatic carbocycles. The highest BCUT2D eigenvalue weighted by Gasteiger charge is 2.46. The van der Waals surface area contributed by atoms with Crippen molar-refractivity contribution in [3.05, 3.63) is 77.9 Å². The molecule has 2 saturated heterocycles. The molecule has 1 amide bonds. The number of aryl methyl sites for hydroxylation is 1. The average Bonchev–Trinajstić information content (AvgIpc) is 3.87. The van der Waals surface area contributed by atoms with Crippen LogP contribution in [-0.2, 0) is 26.2 Å². The van der Waals surface area contributed by atoms with E-state index in [9.17, 15) is 14.4 Å². The number of nitrogens with one attached hydrogen (secondary N) is 1. The lowest BCUT2D eigenvalue weighted by Crippen LogP contribution is -2.49. The number of ether oxygens (including phenoxy) is 2. The first-order valence-electron chi connectivity index (χ1n) is 18.6. The number of fused-ring (bicyclic) bond motifs is 6. The van der Waals surface area contributed by atoms with E-state index < -0.39 is 41.1 Å². The van der Waals surface area contributed by atoms with E-state index in [1.807, 2.05) is 23.3 Å². The van der Waals surface area contributed by atoms with Crippen LogP contribution in [0, 0.1) is 35.7 Å². The van der Waals surface area contributed by atoms with Gasteiger partial charge >= 0.3 is 0 Å². The molecule has 3 atom stereocenters. The van der Waals surface area contributed by atoms with Crippen molar-refractivity contribution in [1.82, 2.24) is 44.2 Å². The van der Waals surface area contributed by atoms with Gasteiger partial charge in [-0.15, -0.1) is 0 Å². The van der Waals surface area contributed by atoms with Crippen molar-refractivity contribution in [2.24, 2.45) is 0 Å². The third-order valence-electron chi connectivity index (χ3n) is 11.0. The van der Waals surface area contributed by atoms with Gasteiger partial charge < -0.3 is 29.2 Å². The van der Waals surface area contributed by atoms with Crippen LogP contribution in [0.3, 0.4) is 0 Å². The standard InChI is InChI=1S/C39H37F3N12O3/c1-4-57-25-17-51(3)36(55)32-14-24(47-38-44-10-7-29(48-38)26-11-23(41)13-30-33(26)52(18-25)21(2)46-30)16-53(32)34-27-15-45-54(31-6-5-22(40)12-28(31)42)35(27)50-37(49-34)39(8-9-43)19-56-20-39/h5-7,10-13,15,24-25,32H,4,8,14,16-20H2,1-3H3,(H,44,47,48)/t24-,25-,32-/m0/s1. The highest BCUT2D eigenvalue weighted by molar-refractivity contribution is 5.94. The molecule has 0 saturated carbocycles. The number of halogens is 3. The number of imidazole rings is 1. The molecular weight excluding hydrogens is 742 g/mol. The van der Waals surface area contributed by atoms with E-state index in [1.54, 1.807) is 24.2 Å². The van der Waals surface area contributed by atoms with Crippen LogP contribution in [-0.4, -0.2) is 108 Å². The van der Waals surface area contributed by atoms with Crippen molar-refractivity contribution < 1.29 is 27.4 Å². The molecule has 1 N–H and O–H groups in total. The van der Waals surface area contributed by atoms with Gasteiger partial charge in [0.1, 0.15) is 40.8 Å². The van der Waals surface area contributed by atoms with Crippen LogP contribution in [0.1, 0.15) is 31.4 Å². The van der Waals surface area contributed by atoms with Crippen LogP contribution in [0.15, 0.2) is 48.8 Å². The Morgan fingerprint density at radius 3 is 2.65 bits per heavy atom. The van der Waals surface area contributed by atoms with Gasteiger partial charge in [0.2, 0.25) is 11.9 Å². The Hall–Kier alpha value is -6.19. The maximum absolute atomic E-state index is 15.3. The van der Waals surface area contributed by atoms with Gasteiger partial charge in [-0.05, 0) is 44.5 Å². The molecule has 0 spiro atoms. The van der Waals surface area contributed by atoms with E-state index >= 15 is 8.78 Å². The molecule has 18 heteroatoms. The fraction of sp³-hybridized carbons (Fsp3) is 0.385. The first kappa shape index (κ1) is 36.4. The number of nitrogens with zero attached hydrogens (tertiary/aromatic N) is 11. The summed E-state index contributed by atoms with van der Waals surface area (Å²) in [5, 5.41) is 18.1. The summed E-state index contributed by atoms with van der Waals surface area (Å²) in [5.74, 6) is -0.727. The fourth-order valence-corrected chi connectivity index (χ4v) is 8.18. The zero-order chi connectivity index (χ0) is 39.6. The number of rotatable bonds is 6. The van der Waals surface area contributed by atoms with Crippen molar-refractivity contribution in [2.75, 3.05) is 50.2 Å². The number of nitriles is 1. The van der Waals surface area contributed by atoms with Gasteiger partial charge in [-0.3, -0.25) is 4.79 Å². The molecular formula is C39H37F3N12O3. The number of hydrogen-bond donors (Lipinski definition) is 1. The minimum absolute atomic E-state index is 0.0400. The van der Waals surface area contributed by atoms with E-state index in [2.05, 4.69) is 26.5 Å². The summed E-state index contributed by atoms with van der Waals surface area (Å²) in [7, 11) is 1.72. The average molecular weight is 779 g/mol. The predicted molar refractivity (Wildman–Crippen MR) is 201 cm³/mol. The van der Waals surface area contributed by atoms with Crippen LogP contribution in [0.4, 0.5) is 24.9 Å². The highest BCUT2D eigenvalue weighted by Crippen LogP contribution is 2.39. The molecule has 6 aromatic rings. The molecule has 4 bridgehead atoms. The van der Waals surface area contributed by atoms with Gasteiger partial charge in [-0.2, -0.15) is 10.4 Å². The molecule has 3 aliphatic rings. The van der Waals surface area contributed by atoms with E-state index in [0.29, 0.717) is 58.9 Å². The third kappa shape index (κ3) is 6.26. The zero-order valence-electron chi connectivity index (χ0n) is 31.3. The van der Waals surface area contributed by atoms with Crippen molar-refractivity contribution in [1.29, 1.82) is 5.26 Å². The second-order valence-corrected chi connectivity index (χ2v) is 14.8. The summed E-state index contributed by atoms with van der Waals surface area (Å²) < 4.78 is 59.5. The number of amides is 1. The van der Waals surface area contributed by atoms with Gasteiger partial charge in [-0.25, -0.2) is 42.8 Å². The number of benzene rings is 2. The van der Waals surface area contributed by atoms with E-state index in [1.165, 1.54) is 29.1 Å². The number of carbonyl (C=O) groups is 1. The summed E-state index contributed by atoms with van der Waals surface area (Å²) in [4.78, 5) is 42.2. The first-order valence-corrected chi connectivity index (χ1v) is 18.6. The fourth-order valence-electron chi connectivity index (χ4n) is 8.18. The van der Waals surface area contributed by atoms with Crippen molar-refractivity contribution >= 4 is 39.7 Å². The number of carbonyl (C=O) groups excluding carboxylic acids is 1. The normalized spacial score (nSPS) is 20.6. The summed E-state index contributed by atoms with van der Waals surface area (Å²) in [5.41, 5.74) is 1.49. The van der Waals surface area contributed by atoms with Gasteiger partial charge in [0.25, 0.3) is 0 Å². The molecule has 9 rings (SSSR count). The van der Waals surface area contributed by atoms with Crippen LogP contribution in [0.25, 0.3) is 39.0 Å². The lowest BCUT2D eigenvalue weighted by molar-refractivity contribution is -0.133. The number of anilines is 2. The Balaban J connectivity index is 1.19. The van der Waals surface area contributed by atoms with Crippen LogP contribution in [0.5, 0.6) is 0 Å². The topological polar surface area (TPSA) is 165 Å². The van der Waals surface area contributed by atoms with Gasteiger partial charge in [0.05, 0.1) is 72.1 Å². The SMILES string of the molecule is CCO[C@H]1CN(C)C(=O)[C@@H]2C[C@@H](CN2c2nc(C3(CC#N)COC3)nc3c2cnn3-c2ccc(F)cc2F)Nc2nccc(n2)-c2cc(F)cc3nc(C)n(c23)C1. The summed E-state index contributed by atoms with van der Waals surface area (Å²) in [6, 6.07) is 8.76. The molecule has 57 heavy (non-hydrogen) atoms. The molecule has 2 fully saturated rings. The monoisotopic (exact) mass is 778 g/mol. The van der Waals surface area contributed by atoms with Crippen molar-refractivity contribution in [2.45, 2.75) is 56.8 Å². The van der Waals surface area contributed by atoms with Gasteiger partial charge in [0.15, 0.2) is 11.5 Å². The lowest BCUT2D eigenvalue weighted by Gasteiger charge is -2.38. The van der Waals surface area contributed by atoms with E-state index in [-0.39, 0.29) is 61.7 Å². The Labute approximate surface area is 324 Å². The third-order valence-corrected chi connectivity index (χ3v) is 11.0. The summed E-state index contributed by atoms with van der Waals surface area (Å²) >= 11 is 0. The maximum atomic E-state index is 15.3. The van der Waals surface area contributed by atoms with E-state index in [0.717, 1.165) is 12.1 Å². The second-order valence-electron chi connectivity index (χ2n) is 14.8. The van der Waals surface area contributed by atoms with Crippen LogP contribution in [0.2, 0.25) is 0 Å². The largest absolute Gasteiger partial charge is 0.379 e. The number of aromatic nitrogens is 8. The minimum atomic E-state index is -0.860. The maximum Gasteiger partial charge on any atom is 0.245 e. The van der Waals surface area contributed by atoms with Crippen molar-refractivity contribution in [3.63, 3.8) is 0 Å². The molecule has 0 radical (unpaired) electrons. The molecule has 7 heterocycles. The highest BCUT2D eigenvalue weighted by atomic mass is 19.1. The minimum Gasteiger partial charge on any atom is -0.379 e. The summed E-state index contributed by atoms with van der Waals surface area (Å²) in [6.45, 7) is 5.25. The Morgan fingerprint density at radius 1 is 1.05 bits per heavy atom. The molecule has 292 valence electrons. The molecule has 4 aromatic heterocycles. The second kappa shape index (κ2) is 14.1. The lowest BCUT2D eigenvalue weighted by atomic mass is 9.82. The molecule has 15 nitrogen and oxygen atoms in total. The van der Waals surface area contributed by atoms with Crippen LogP contribution < -0.4 is 10.2 Å². The van der Waals surface area contributed by atoms with E-state index in [4.69, 9.17) is 24.4 Å². The van der Waals surface area contributed by atoms with Gasteiger partial charge in [0, 0.05) is 56.7 Å². The molecule has 0 aliphatic carbocycles. The Kier molecular flexibility index (Phi) is 9.00. The quantitative estimate of drug-likeness (QED) is 0.253. The van der Waals surface area contributed by atoms with Crippen molar-refractivity contribution in [3.8, 4) is 23.0 Å². The van der Waals surface area contributed by atoms with Crippen LogP contribution >= 0.6 is 0 Å². The molecule has 0 unspecified atom stereocenters. The first-order chi connectivity index (χ1) is 27.6. The summed E-state index contributed by atoms with van der Waals surface area (Å²) in [6.07, 6.45) is 2.97. The number of likely N-dealkylation sites (N-methyl/N-ethyl adjacent to an activating group) is 1. The Morgan fingerprint density at radius 2 is 1.89 bits per heavy atom. The molecule has 3 aliphatic heterocycles. The Bertz CT molecular complexity index is 2600.